The van der Waals surface area contributed by atoms with Gasteiger partial charge in [0.05, 0.1) is 0 Å². The van der Waals surface area contributed by atoms with Crippen LogP contribution in [-0.4, -0.2) is 6.54 Å². The summed E-state index contributed by atoms with van der Waals surface area (Å²) in [4.78, 5) is 0. The molecule has 1 rings (SSSR count). The summed E-state index contributed by atoms with van der Waals surface area (Å²) in [7, 11) is 0. The normalized spacial score (nSPS) is 12.5. The van der Waals surface area contributed by atoms with Crippen LogP contribution < -0.4 is 5.32 Å². The number of halogens is 1. The highest BCUT2D eigenvalue weighted by atomic mass is 35.5. The molecule has 1 N–H and O–H groups in total. The number of nitrogens with one attached hydrogen (secondary N) is 1. The summed E-state index contributed by atoms with van der Waals surface area (Å²) in [5, 5.41) is 4.25. The minimum atomic E-state index is 0.290. The fourth-order valence-electron chi connectivity index (χ4n) is 1.44. The smallest absolute Gasteiger partial charge is 0.0453 e. The first-order valence-electron chi connectivity index (χ1n) is 5.23. The molecule has 1 atom stereocenters. The zero-order chi connectivity index (χ0) is 11.3. The van der Waals surface area contributed by atoms with Gasteiger partial charge in [0, 0.05) is 11.1 Å². The van der Waals surface area contributed by atoms with Gasteiger partial charge in [-0.2, -0.15) is 0 Å². The Morgan fingerprint density at radius 1 is 1.47 bits per heavy atom. The number of hydrogen-bond donors (Lipinski definition) is 1. The number of hydrogen-bond acceptors (Lipinski definition) is 1. The van der Waals surface area contributed by atoms with Crippen molar-refractivity contribution in [3.8, 4) is 0 Å². The molecule has 1 nitrogen and oxygen atoms in total. The van der Waals surface area contributed by atoms with Crippen LogP contribution in [0.2, 0.25) is 5.02 Å². The van der Waals surface area contributed by atoms with Crippen LogP contribution >= 0.6 is 11.6 Å². The maximum Gasteiger partial charge on any atom is 0.0453 e. The average molecular weight is 224 g/mol. The second-order valence-electron chi connectivity index (χ2n) is 3.90. The van der Waals surface area contributed by atoms with E-state index in [1.807, 2.05) is 25.1 Å². The van der Waals surface area contributed by atoms with Gasteiger partial charge in [-0.25, -0.2) is 0 Å². The van der Waals surface area contributed by atoms with Gasteiger partial charge >= 0.3 is 0 Å². The minimum absolute atomic E-state index is 0.290. The molecule has 0 heterocycles. The number of rotatable bonds is 5. The van der Waals surface area contributed by atoms with E-state index in [-0.39, 0.29) is 6.04 Å². The molecule has 0 amide bonds. The fourth-order valence-corrected chi connectivity index (χ4v) is 1.74. The lowest BCUT2D eigenvalue weighted by Crippen LogP contribution is -2.20. The quantitative estimate of drug-likeness (QED) is 0.746. The highest BCUT2D eigenvalue weighted by molar-refractivity contribution is 6.31. The fraction of sp³-hybridized carbons (Fsp3) is 0.385. The predicted octanol–water partition coefficient (Wildman–Crippen LogP) is 3.96. The third kappa shape index (κ3) is 4.06. The van der Waals surface area contributed by atoms with Crippen molar-refractivity contribution in [1.29, 1.82) is 0 Å². The molecule has 1 aromatic carbocycles. The largest absolute Gasteiger partial charge is 0.310 e. The lowest BCUT2D eigenvalue weighted by molar-refractivity contribution is 0.576. The highest BCUT2D eigenvalue weighted by Crippen LogP contribution is 2.21. The van der Waals surface area contributed by atoms with Gasteiger partial charge in [-0.3, -0.25) is 0 Å². The van der Waals surface area contributed by atoms with Crippen molar-refractivity contribution >= 4 is 11.6 Å². The summed E-state index contributed by atoms with van der Waals surface area (Å²) < 4.78 is 0. The van der Waals surface area contributed by atoms with Crippen molar-refractivity contribution in [2.75, 3.05) is 6.54 Å². The molecular formula is C13H18ClN. The first-order valence-corrected chi connectivity index (χ1v) is 5.61. The van der Waals surface area contributed by atoms with Gasteiger partial charge in [-0.1, -0.05) is 35.4 Å². The summed E-state index contributed by atoms with van der Waals surface area (Å²) >= 11 is 6.10. The van der Waals surface area contributed by atoms with Crippen molar-refractivity contribution in [1.82, 2.24) is 5.32 Å². The Bertz CT molecular complexity index is 333. The summed E-state index contributed by atoms with van der Waals surface area (Å²) in [5.41, 5.74) is 2.36. The first kappa shape index (κ1) is 12.3. The summed E-state index contributed by atoms with van der Waals surface area (Å²) in [6, 6.07) is 8.23. The van der Waals surface area contributed by atoms with Crippen LogP contribution in [0, 0.1) is 0 Å². The Kier molecular flexibility index (Phi) is 4.86. The van der Waals surface area contributed by atoms with Gasteiger partial charge < -0.3 is 5.32 Å². The molecule has 15 heavy (non-hydrogen) atoms. The Morgan fingerprint density at radius 3 is 2.73 bits per heavy atom. The van der Waals surface area contributed by atoms with Crippen molar-refractivity contribution in [3.63, 3.8) is 0 Å². The third-order valence-electron chi connectivity index (χ3n) is 2.37. The van der Waals surface area contributed by atoms with Crippen LogP contribution in [0.4, 0.5) is 0 Å². The third-order valence-corrected chi connectivity index (χ3v) is 2.72. The Morgan fingerprint density at radius 2 is 2.13 bits per heavy atom. The van der Waals surface area contributed by atoms with E-state index >= 15 is 0 Å². The summed E-state index contributed by atoms with van der Waals surface area (Å²) in [6.45, 7) is 8.99. The van der Waals surface area contributed by atoms with Crippen LogP contribution in [0.5, 0.6) is 0 Å². The molecule has 82 valence electrons. The standard InChI is InChI=1S/C13H18ClN/c1-10(2)8-9-15-11(3)12-6-4-5-7-13(12)14/h4-7,11,15H,1,8-9H2,2-3H3/t11-/m0/s1. The van der Waals surface area contributed by atoms with E-state index in [0.717, 1.165) is 23.6 Å². The van der Waals surface area contributed by atoms with Gasteiger partial charge in [0.15, 0.2) is 0 Å². The van der Waals surface area contributed by atoms with E-state index in [4.69, 9.17) is 11.6 Å². The molecule has 0 spiro atoms. The van der Waals surface area contributed by atoms with Crippen LogP contribution in [0.1, 0.15) is 31.9 Å². The van der Waals surface area contributed by atoms with Crippen molar-refractivity contribution in [2.45, 2.75) is 26.3 Å². The van der Waals surface area contributed by atoms with Gasteiger partial charge in [-0.15, -0.1) is 6.58 Å². The molecular weight excluding hydrogens is 206 g/mol. The molecule has 0 saturated heterocycles. The second-order valence-corrected chi connectivity index (χ2v) is 4.31. The van der Waals surface area contributed by atoms with Crippen molar-refractivity contribution in [2.24, 2.45) is 0 Å². The zero-order valence-electron chi connectivity index (χ0n) is 9.39. The SMILES string of the molecule is C=C(C)CCN[C@@H](C)c1ccccc1Cl. The zero-order valence-corrected chi connectivity index (χ0v) is 10.1. The molecule has 2 heteroatoms. The minimum Gasteiger partial charge on any atom is -0.310 e. The monoisotopic (exact) mass is 223 g/mol. The lowest BCUT2D eigenvalue weighted by Gasteiger charge is -2.15. The molecule has 1 aromatic rings. The summed E-state index contributed by atoms with van der Waals surface area (Å²) in [5.74, 6) is 0. The summed E-state index contributed by atoms with van der Waals surface area (Å²) in [6.07, 6.45) is 1.01. The first-order chi connectivity index (χ1) is 7.11. The van der Waals surface area contributed by atoms with Gasteiger partial charge in [0.25, 0.3) is 0 Å². The average Bonchev–Trinajstić information content (AvgIpc) is 2.17. The Balaban J connectivity index is 2.50. The Hall–Kier alpha value is -0.790. The number of benzene rings is 1. The van der Waals surface area contributed by atoms with Gasteiger partial charge in [0.2, 0.25) is 0 Å². The van der Waals surface area contributed by atoms with E-state index in [1.54, 1.807) is 0 Å². The van der Waals surface area contributed by atoms with Crippen LogP contribution in [-0.2, 0) is 0 Å². The molecule has 0 radical (unpaired) electrons. The Labute approximate surface area is 97.1 Å². The molecule has 0 aromatic heterocycles. The molecule has 0 fully saturated rings. The van der Waals surface area contributed by atoms with Crippen molar-refractivity contribution < 1.29 is 0 Å². The molecule has 0 saturated carbocycles. The van der Waals surface area contributed by atoms with Crippen LogP contribution in [0.15, 0.2) is 36.4 Å². The van der Waals surface area contributed by atoms with E-state index in [2.05, 4.69) is 24.9 Å². The van der Waals surface area contributed by atoms with E-state index < -0.39 is 0 Å². The topological polar surface area (TPSA) is 12.0 Å². The van der Waals surface area contributed by atoms with Crippen LogP contribution in [0.25, 0.3) is 0 Å². The molecule has 0 bridgehead atoms. The highest BCUT2D eigenvalue weighted by Gasteiger charge is 2.07. The van der Waals surface area contributed by atoms with Gasteiger partial charge in [-0.05, 0) is 38.4 Å². The molecule has 0 aliphatic rings. The predicted molar refractivity (Wildman–Crippen MR) is 67.3 cm³/mol. The molecule has 0 aliphatic carbocycles. The maximum absolute atomic E-state index is 6.10. The second kappa shape index (κ2) is 5.94. The van der Waals surface area contributed by atoms with Gasteiger partial charge in [0.1, 0.15) is 0 Å². The molecule has 0 unspecified atom stereocenters. The van der Waals surface area contributed by atoms with E-state index in [9.17, 15) is 0 Å². The van der Waals surface area contributed by atoms with Crippen molar-refractivity contribution in [3.05, 3.63) is 47.0 Å². The molecule has 0 aliphatic heterocycles. The lowest BCUT2D eigenvalue weighted by atomic mass is 10.1. The van der Waals surface area contributed by atoms with Crippen LogP contribution in [0.3, 0.4) is 0 Å². The van der Waals surface area contributed by atoms with E-state index in [0.29, 0.717) is 0 Å². The van der Waals surface area contributed by atoms with E-state index in [1.165, 1.54) is 5.57 Å². The maximum atomic E-state index is 6.10.